The molecular formula is C51H65F3N12O16S. The summed E-state index contributed by atoms with van der Waals surface area (Å²) in [6.07, 6.45) is -0.0540. The van der Waals surface area contributed by atoms with Gasteiger partial charge in [0.1, 0.15) is 30.2 Å². The van der Waals surface area contributed by atoms with Gasteiger partial charge >= 0.3 is 28.4 Å². The fraction of sp³-hybridized carbons (Fsp3) is 0.510. The van der Waals surface area contributed by atoms with Gasteiger partial charge in [0.15, 0.2) is 0 Å². The highest BCUT2D eigenvalue weighted by Gasteiger charge is 2.47. The number of carbonyl (C=O) groups excluding carboxylic acids is 6. The molecule has 0 bridgehead atoms. The number of nitriles is 1. The Balaban J connectivity index is 1.14. The molecule has 2 fully saturated rings. The molecule has 3 aromatic rings. The Labute approximate surface area is 474 Å². The minimum atomic E-state index is -5.27. The van der Waals surface area contributed by atoms with Crippen LogP contribution in [0.5, 0.6) is 11.5 Å². The second-order valence-corrected chi connectivity index (χ2v) is 20.3. The van der Waals surface area contributed by atoms with Gasteiger partial charge in [0.2, 0.25) is 29.5 Å². The Morgan fingerprint density at radius 3 is 1.82 bits per heavy atom. The van der Waals surface area contributed by atoms with Crippen LogP contribution in [0.1, 0.15) is 41.6 Å². The largest absolute Gasteiger partial charge is 0.492 e. The van der Waals surface area contributed by atoms with E-state index in [1.807, 2.05) is 0 Å². The topological polar surface area (TPSA) is 380 Å². The summed E-state index contributed by atoms with van der Waals surface area (Å²) in [6.45, 7) is -1.60. The average molecular weight is 1190 g/mol. The summed E-state index contributed by atoms with van der Waals surface area (Å²) in [6, 6.07) is 10.1. The molecule has 2 aliphatic heterocycles. The number of likely N-dealkylation sites (tertiary alicyclic amines) is 1. The molecule has 28 nitrogen and oxygen atoms in total. The number of pyridine rings is 1. The summed E-state index contributed by atoms with van der Waals surface area (Å²) in [5.41, 5.74) is 0.942. The third kappa shape index (κ3) is 23.6. The summed E-state index contributed by atoms with van der Waals surface area (Å²) in [4.78, 5) is 125. The molecule has 0 unspecified atom stereocenters. The van der Waals surface area contributed by atoms with Crippen molar-refractivity contribution in [1.82, 2.24) is 56.1 Å². The number of aliphatic carboxylic acids is 3. The van der Waals surface area contributed by atoms with E-state index in [0.29, 0.717) is 16.0 Å². The van der Waals surface area contributed by atoms with Crippen molar-refractivity contribution in [2.45, 2.75) is 50.1 Å². The molecule has 452 valence electrons. The number of aryl methyl sites for hydroxylation is 1. The van der Waals surface area contributed by atoms with Gasteiger partial charge in [0, 0.05) is 96.3 Å². The zero-order valence-electron chi connectivity index (χ0n) is 44.9. The highest BCUT2D eigenvalue weighted by atomic mass is 32.3. The normalized spacial score (nSPS) is 16.9. The SMILES string of the molecule is N#C[C@@H]1CC(F)(F)CN1C(=O)CNC(=O)c1ccnc2ccc(OCCNC(=O)[C@@H](CCC(=O)NCCNC(=O)CN3CCN(CC(=O)O)CCN(CC(=O)O)CCN(CC(=O)O)CC3)NC(=O)CCc3ccc(OS(=O)(=O)F)cc3)cc12. The van der Waals surface area contributed by atoms with Crippen LogP contribution in [-0.4, -0.2) is 242 Å². The predicted octanol–water partition coefficient (Wildman–Crippen LogP) is -1.58. The van der Waals surface area contributed by atoms with Crippen LogP contribution < -0.4 is 35.5 Å². The third-order valence-corrected chi connectivity index (χ3v) is 13.4. The maximum Gasteiger partial charge on any atom is 0.488 e. The molecule has 0 spiro atoms. The fourth-order valence-corrected chi connectivity index (χ4v) is 9.20. The van der Waals surface area contributed by atoms with Gasteiger partial charge in [-0.25, -0.2) is 8.78 Å². The average Bonchev–Trinajstić information content (AvgIpc) is 3.99. The van der Waals surface area contributed by atoms with E-state index in [1.165, 1.54) is 48.7 Å². The number of carboxylic acids is 3. The lowest BCUT2D eigenvalue weighted by Crippen LogP contribution is -2.50. The van der Waals surface area contributed by atoms with E-state index in [4.69, 9.17) is 4.74 Å². The van der Waals surface area contributed by atoms with Gasteiger partial charge in [-0.3, -0.25) is 67.7 Å². The summed E-state index contributed by atoms with van der Waals surface area (Å²) < 4.78 is 72.5. The number of fused-ring (bicyclic) bond motifs is 1. The van der Waals surface area contributed by atoms with Gasteiger partial charge in [-0.15, -0.1) is 0 Å². The van der Waals surface area contributed by atoms with Crippen LogP contribution in [0.4, 0.5) is 12.7 Å². The number of carboxylic acid groups (broad SMARTS) is 3. The number of nitrogens with zero attached hydrogens (tertiary/aromatic N) is 7. The summed E-state index contributed by atoms with van der Waals surface area (Å²) in [5, 5.41) is 50.9. The van der Waals surface area contributed by atoms with Crippen LogP contribution in [0.2, 0.25) is 0 Å². The van der Waals surface area contributed by atoms with Gasteiger partial charge < -0.3 is 55.7 Å². The highest BCUT2D eigenvalue weighted by molar-refractivity contribution is 7.81. The fourth-order valence-electron chi connectivity index (χ4n) is 8.86. The van der Waals surface area contributed by atoms with Crippen molar-refractivity contribution in [1.29, 1.82) is 5.26 Å². The van der Waals surface area contributed by atoms with Gasteiger partial charge in [-0.2, -0.15) is 13.7 Å². The van der Waals surface area contributed by atoms with Crippen molar-refractivity contribution in [3.05, 3.63) is 65.9 Å². The van der Waals surface area contributed by atoms with E-state index in [-0.39, 0.29) is 153 Å². The van der Waals surface area contributed by atoms with E-state index >= 15 is 0 Å². The Morgan fingerprint density at radius 1 is 0.711 bits per heavy atom. The van der Waals surface area contributed by atoms with Crippen LogP contribution in [-0.2, 0) is 55.3 Å². The molecule has 8 N–H and O–H groups in total. The summed E-state index contributed by atoms with van der Waals surface area (Å²) in [7, 11) is -5.27. The molecule has 2 saturated heterocycles. The minimum Gasteiger partial charge on any atom is -0.492 e. The number of carbonyl (C=O) groups is 9. The molecule has 6 amide bonds. The zero-order valence-corrected chi connectivity index (χ0v) is 45.8. The molecule has 1 aromatic heterocycles. The van der Waals surface area contributed by atoms with Crippen LogP contribution in [0, 0.1) is 11.3 Å². The lowest BCUT2D eigenvalue weighted by Gasteiger charge is -2.32. The second kappa shape index (κ2) is 31.8. The number of halogens is 3. The number of ether oxygens (including phenoxy) is 1. The first-order valence-electron chi connectivity index (χ1n) is 26.1. The van der Waals surface area contributed by atoms with Crippen molar-refractivity contribution in [3.63, 3.8) is 0 Å². The summed E-state index contributed by atoms with van der Waals surface area (Å²) >= 11 is 0. The molecule has 2 aromatic carbocycles. The van der Waals surface area contributed by atoms with E-state index in [2.05, 4.69) is 35.8 Å². The number of nitrogens with one attached hydrogen (secondary N) is 5. The molecule has 0 aliphatic carbocycles. The van der Waals surface area contributed by atoms with Crippen molar-refractivity contribution < 1.29 is 88.5 Å². The smallest absolute Gasteiger partial charge is 0.488 e. The van der Waals surface area contributed by atoms with E-state index in [9.17, 15) is 84.8 Å². The standard InChI is InChI=1S/C51H65F3N12O16S/c52-51(53)26-35(27-55)66(33-51)45(70)28-60-49(77)38-11-12-56-40-7-6-37(25-39(38)40)81-24-15-59-50(78)41(61-43(68)9-3-34-1-4-36(5-2-34)82-83(54,79)80)8-10-42(67)57-13-14-58-44(69)29-62-16-18-63(30-46(71)72)20-22-65(32-48(75)76)23-21-64(19-17-62)31-47(73)74/h1-2,4-7,11-12,25,35,41H,3,8-10,13-24,26,28-33H2,(H,57,67)(H,58,69)(H,59,78)(H,60,77)(H,61,68)(H,71,72)(H,73,74)(H,75,76)/t35-,41+/m0/s1. The van der Waals surface area contributed by atoms with Crippen LogP contribution in [0.3, 0.4) is 0 Å². The number of hydrogen-bond acceptors (Lipinski definition) is 19. The van der Waals surface area contributed by atoms with Gasteiger partial charge in [0.05, 0.1) is 63.0 Å². The van der Waals surface area contributed by atoms with Crippen LogP contribution in [0.25, 0.3) is 10.9 Å². The van der Waals surface area contributed by atoms with Crippen LogP contribution >= 0.6 is 0 Å². The first kappa shape index (κ1) is 65.6. The number of aromatic nitrogens is 1. The Morgan fingerprint density at radius 2 is 1.27 bits per heavy atom. The first-order valence-corrected chi connectivity index (χ1v) is 27.4. The molecule has 2 aliphatic rings. The van der Waals surface area contributed by atoms with Crippen molar-refractivity contribution in [2.24, 2.45) is 0 Å². The van der Waals surface area contributed by atoms with E-state index in [1.54, 1.807) is 31.7 Å². The van der Waals surface area contributed by atoms with E-state index in [0.717, 1.165) is 0 Å². The molecule has 32 heteroatoms. The van der Waals surface area contributed by atoms with Gasteiger partial charge in [-0.1, -0.05) is 16.0 Å². The third-order valence-electron chi connectivity index (χ3n) is 13.0. The van der Waals surface area contributed by atoms with E-state index < -0.39 is 101 Å². The zero-order chi connectivity index (χ0) is 60.7. The monoisotopic (exact) mass is 1190 g/mol. The van der Waals surface area contributed by atoms with Crippen molar-refractivity contribution in [2.75, 3.05) is 118 Å². The molecule has 2 atom stereocenters. The number of rotatable bonds is 28. The number of benzene rings is 2. The first-order chi connectivity index (χ1) is 39.3. The van der Waals surface area contributed by atoms with Gasteiger partial charge in [0.25, 0.3) is 11.8 Å². The predicted molar refractivity (Wildman–Crippen MR) is 285 cm³/mol. The molecule has 0 saturated carbocycles. The number of alkyl halides is 2. The maximum absolute atomic E-state index is 13.9. The van der Waals surface area contributed by atoms with Crippen molar-refractivity contribution in [3.8, 4) is 17.6 Å². The lowest BCUT2D eigenvalue weighted by molar-refractivity contribution is -0.140. The van der Waals surface area contributed by atoms with Crippen LogP contribution in [0.15, 0.2) is 54.7 Å². The molecule has 83 heavy (non-hydrogen) atoms. The highest BCUT2D eigenvalue weighted by Crippen LogP contribution is 2.32. The molecule has 3 heterocycles. The molecular weight excluding hydrogens is 1130 g/mol. The Bertz CT molecular complexity index is 2930. The maximum atomic E-state index is 13.9. The van der Waals surface area contributed by atoms with Crippen molar-refractivity contribution >= 4 is 74.8 Å². The summed E-state index contributed by atoms with van der Waals surface area (Å²) in [5.74, 6) is -10.6. The molecule has 5 rings (SSSR count). The lowest BCUT2D eigenvalue weighted by atomic mass is 10.1. The quantitative estimate of drug-likeness (QED) is 0.0300. The minimum absolute atomic E-state index is 0.0379. The second-order valence-electron chi connectivity index (χ2n) is 19.4. The number of hydrogen-bond donors (Lipinski definition) is 8. The Kier molecular flexibility index (Phi) is 25.1. The molecule has 0 radical (unpaired) electrons. The number of amides is 6. The van der Waals surface area contributed by atoms with Gasteiger partial charge in [-0.05, 0) is 54.8 Å². The Hall–Kier alpha value is -8.25.